The summed E-state index contributed by atoms with van der Waals surface area (Å²) in [6.45, 7) is 3.77. The lowest BCUT2D eigenvalue weighted by Crippen LogP contribution is -2.02. The second-order valence-corrected chi connectivity index (χ2v) is 6.45. The van der Waals surface area contributed by atoms with E-state index in [4.69, 9.17) is 0 Å². The Morgan fingerprint density at radius 3 is 2.25 bits per heavy atom. The van der Waals surface area contributed by atoms with E-state index in [0.29, 0.717) is 0 Å². The Bertz CT molecular complexity index is 732. The first-order valence-corrected chi connectivity index (χ1v) is 7.34. The number of sulfone groups is 1. The van der Waals surface area contributed by atoms with E-state index in [9.17, 15) is 18.5 Å². The maximum Gasteiger partial charge on any atom is 0.269 e. The van der Waals surface area contributed by atoms with Crippen molar-refractivity contribution in [1.29, 1.82) is 0 Å². The minimum absolute atomic E-state index is 0.00593. The van der Waals surface area contributed by atoms with Gasteiger partial charge in [-0.05, 0) is 26.0 Å². The van der Waals surface area contributed by atoms with Crippen molar-refractivity contribution in [2.45, 2.75) is 29.7 Å². The van der Waals surface area contributed by atoms with Crippen LogP contribution >= 0.6 is 0 Å². The third kappa shape index (κ3) is 2.55. The van der Waals surface area contributed by atoms with E-state index >= 15 is 0 Å². The Labute approximate surface area is 115 Å². The summed E-state index contributed by atoms with van der Waals surface area (Å²) in [5, 5.41) is 14.5. The quantitative estimate of drug-likeness (QED) is 0.636. The number of nitrogens with zero attached hydrogens (tertiary/aromatic N) is 3. The monoisotopic (exact) mass is 295 g/mol. The van der Waals surface area contributed by atoms with E-state index in [2.05, 4.69) is 5.10 Å². The Morgan fingerprint density at radius 1 is 1.20 bits per heavy atom. The summed E-state index contributed by atoms with van der Waals surface area (Å²) in [6, 6.07) is 4.83. The van der Waals surface area contributed by atoms with Gasteiger partial charge in [0.25, 0.3) is 5.69 Å². The summed E-state index contributed by atoms with van der Waals surface area (Å²) >= 11 is 0. The fourth-order valence-corrected chi connectivity index (χ4v) is 2.82. The van der Waals surface area contributed by atoms with Crippen molar-refractivity contribution in [3.05, 3.63) is 46.8 Å². The van der Waals surface area contributed by atoms with Gasteiger partial charge in [-0.2, -0.15) is 5.10 Å². The minimum atomic E-state index is -3.70. The van der Waals surface area contributed by atoms with Crippen LogP contribution in [-0.4, -0.2) is 23.1 Å². The Morgan fingerprint density at radius 2 is 1.80 bits per heavy atom. The zero-order valence-electron chi connectivity index (χ0n) is 10.9. The number of nitro benzene ring substituents is 1. The SMILES string of the molecule is CC(C)n1cc(S(=O)(=O)c2ccc([N+](=O)[O-])cc2)cn1. The summed E-state index contributed by atoms with van der Waals surface area (Å²) in [7, 11) is -3.70. The van der Waals surface area contributed by atoms with E-state index in [0.717, 1.165) is 0 Å². The van der Waals surface area contributed by atoms with Crippen molar-refractivity contribution in [1.82, 2.24) is 9.78 Å². The summed E-state index contributed by atoms with van der Waals surface area (Å²) in [5.74, 6) is 0. The van der Waals surface area contributed by atoms with Gasteiger partial charge in [0.05, 0.1) is 16.0 Å². The fraction of sp³-hybridized carbons (Fsp3) is 0.250. The molecule has 8 heteroatoms. The number of hydrogen-bond acceptors (Lipinski definition) is 5. The first-order chi connectivity index (χ1) is 9.32. The molecular formula is C12H13N3O4S. The van der Waals surface area contributed by atoms with E-state index in [-0.39, 0.29) is 21.5 Å². The van der Waals surface area contributed by atoms with Gasteiger partial charge in [0.2, 0.25) is 9.84 Å². The molecule has 0 saturated carbocycles. The van der Waals surface area contributed by atoms with Crippen LogP contribution in [0.15, 0.2) is 46.5 Å². The number of nitro groups is 1. The topological polar surface area (TPSA) is 95.1 Å². The van der Waals surface area contributed by atoms with Crippen LogP contribution in [0.1, 0.15) is 19.9 Å². The highest BCUT2D eigenvalue weighted by molar-refractivity contribution is 7.91. The molecule has 1 heterocycles. The van der Waals surface area contributed by atoms with Crippen molar-refractivity contribution >= 4 is 15.5 Å². The van der Waals surface area contributed by atoms with Crippen LogP contribution in [0.2, 0.25) is 0 Å². The van der Waals surface area contributed by atoms with Gasteiger partial charge in [-0.3, -0.25) is 14.8 Å². The van der Waals surface area contributed by atoms with Crippen LogP contribution < -0.4 is 0 Å². The molecule has 0 aliphatic heterocycles. The van der Waals surface area contributed by atoms with E-state index in [1.807, 2.05) is 13.8 Å². The zero-order valence-corrected chi connectivity index (χ0v) is 11.7. The predicted molar refractivity (Wildman–Crippen MR) is 71.2 cm³/mol. The van der Waals surface area contributed by atoms with Crippen molar-refractivity contribution < 1.29 is 13.3 Å². The van der Waals surface area contributed by atoms with Crippen molar-refractivity contribution in [3.8, 4) is 0 Å². The highest BCUT2D eigenvalue weighted by atomic mass is 32.2. The molecule has 20 heavy (non-hydrogen) atoms. The Balaban J connectivity index is 2.41. The summed E-state index contributed by atoms with van der Waals surface area (Å²) < 4.78 is 26.2. The molecular weight excluding hydrogens is 282 g/mol. The Kier molecular flexibility index (Phi) is 3.58. The van der Waals surface area contributed by atoms with Gasteiger partial charge in [-0.15, -0.1) is 0 Å². The highest BCUT2D eigenvalue weighted by Crippen LogP contribution is 2.23. The molecule has 0 aliphatic rings. The molecule has 1 aromatic carbocycles. The summed E-state index contributed by atoms with van der Waals surface area (Å²) in [4.78, 5) is 10.1. The van der Waals surface area contributed by atoms with Gasteiger partial charge in [0.1, 0.15) is 4.90 Å². The zero-order chi connectivity index (χ0) is 14.9. The molecule has 0 saturated heterocycles. The first kappa shape index (κ1) is 14.2. The van der Waals surface area contributed by atoms with Crippen LogP contribution in [0.25, 0.3) is 0 Å². The number of aromatic nitrogens is 2. The smallest absolute Gasteiger partial charge is 0.269 e. The van der Waals surface area contributed by atoms with Crippen LogP contribution in [-0.2, 0) is 9.84 Å². The molecule has 0 amide bonds. The van der Waals surface area contributed by atoms with Crippen LogP contribution in [0, 0.1) is 10.1 Å². The maximum absolute atomic E-state index is 12.3. The maximum atomic E-state index is 12.3. The van der Waals surface area contributed by atoms with Crippen molar-refractivity contribution in [3.63, 3.8) is 0 Å². The molecule has 0 radical (unpaired) electrons. The molecule has 1 aromatic heterocycles. The average molecular weight is 295 g/mol. The van der Waals surface area contributed by atoms with Gasteiger partial charge in [0, 0.05) is 24.4 Å². The summed E-state index contributed by atoms with van der Waals surface area (Å²) in [6.07, 6.45) is 2.72. The van der Waals surface area contributed by atoms with Gasteiger partial charge >= 0.3 is 0 Å². The third-order valence-electron chi connectivity index (χ3n) is 2.78. The van der Waals surface area contributed by atoms with E-state index in [1.54, 1.807) is 0 Å². The number of rotatable bonds is 4. The molecule has 2 aromatic rings. The predicted octanol–water partition coefficient (Wildman–Crippen LogP) is 2.21. The number of benzene rings is 1. The van der Waals surface area contributed by atoms with Gasteiger partial charge < -0.3 is 0 Å². The van der Waals surface area contributed by atoms with E-state index < -0.39 is 14.8 Å². The Hall–Kier alpha value is -2.22. The van der Waals surface area contributed by atoms with Crippen LogP contribution in [0.5, 0.6) is 0 Å². The normalized spacial score (nSPS) is 11.8. The second-order valence-electron chi connectivity index (χ2n) is 4.50. The molecule has 0 bridgehead atoms. The molecule has 0 atom stereocenters. The fourth-order valence-electron chi connectivity index (χ4n) is 1.62. The lowest BCUT2D eigenvalue weighted by Gasteiger charge is -2.04. The van der Waals surface area contributed by atoms with Gasteiger partial charge in [-0.25, -0.2) is 8.42 Å². The van der Waals surface area contributed by atoms with E-state index in [1.165, 1.54) is 41.3 Å². The molecule has 2 rings (SSSR count). The van der Waals surface area contributed by atoms with Gasteiger partial charge in [0.15, 0.2) is 0 Å². The lowest BCUT2D eigenvalue weighted by atomic mass is 10.3. The summed E-state index contributed by atoms with van der Waals surface area (Å²) in [5.41, 5.74) is -0.151. The van der Waals surface area contributed by atoms with Crippen LogP contribution in [0.4, 0.5) is 5.69 Å². The highest BCUT2D eigenvalue weighted by Gasteiger charge is 2.21. The molecule has 0 fully saturated rings. The minimum Gasteiger partial charge on any atom is -0.269 e. The average Bonchev–Trinajstić information content (AvgIpc) is 2.89. The lowest BCUT2D eigenvalue weighted by molar-refractivity contribution is -0.384. The number of non-ortho nitro benzene ring substituents is 1. The van der Waals surface area contributed by atoms with Gasteiger partial charge in [-0.1, -0.05) is 0 Å². The molecule has 0 spiro atoms. The van der Waals surface area contributed by atoms with Crippen LogP contribution in [0.3, 0.4) is 0 Å². The number of hydrogen-bond donors (Lipinski definition) is 0. The van der Waals surface area contributed by atoms with Crippen molar-refractivity contribution in [2.75, 3.05) is 0 Å². The standard InChI is InChI=1S/C12H13N3O4S/c1-9(2)14-8-12(7-13-14)20(18,19)11-5-3-10(4-6-11)15(16)17/h3-9H,1-2H3. The molecule has 0 aliphatic carbocycles. The second kappa shape index (κ2) is 5.04. The first-order valence-electron chi connectivity index (χ1n) is 5.86. The van der Waals surface area contributed by atoms with Crippen molar-refractivity contribution in [2.24, 2.45) is 0 Å². The molecule has 7 nitrogen and oxygen atoms in total. The largest absolute Gasteiger partial charge is 0.269 e. The molecule has 106 valence electrons. The molecule has 0 N–H and O–H groups in total. The third-order valence-corrected chi connectivity index (χ3v) is 4.50. The molecule has 0 unspecified atom stereocenters.